The first-order valence-electron chi connectivity index (χ1n) is 9.94. The minimum atomic E-state index is -4.72. The number of carboxylic acids is 1. The first-order chi connectivity index (χ1) is 16.4. The zero-order valence-corrected chi connectivity index (χ0v) is 19.6. The maximum Gasteiger partial charge on any atom is 0.435 e. The summed E-state index contributed by atoms with van der Waals surface area (Å²) in [5, 5.41) is 14.4. The van der Waals surface area contributed by atoms with Crippen molar-refractivity contribution in [1.82, 2.24) is 9.78 Å². The summed E-state index contributed by atoms with van der Waals surface area (Å²) >= 11 is 1.16. The van der Waals surface area contributed by atoms with Crippen LogP contribution in [0.3, 0.4) is 0 Å². The lowest BCUT2D eigenvalue weighted by molar-refractivity contribution is -0.141. The summed E-state index contributed by atoms with van der Waals surface area (Å²) in [5.74, 6) is -1.19. The van der Waals surface area contributed by atoms with Crippen LogP contribution in [0, 0.1) is 0 Å². The Labute approximate surface area is 202 Å². The Bertz CT molecular complexity index is 1510. The van der Waals surface area contributed by atoms with Crippen LogP contribution in [0.4, 0.5) is 13.2 Å². The molecule has 0 bridgehead atoms. The van der Waals surface area contributed by atoms with Gasteiger partial charge in [0, 0.05) is 6.26 Å². The molecule has 0 saturated carbocycles. The Hall–Kier alpha value is -3.64. The number of sulfone groups is 1. The quantitative estimate of drug-likeness (QED) is 0.360. The molecule has 0 unspecified atom stereocenters. The van der Waals surface area contributed by atoms with Gasteiger partial charge < -0.3 is 9.84 Å². The van der Waals surface area contributed by atoms with Crippen molar-refractivity contribution >= 4 is 27.1 Å². The Kier molecular flexibility index (Phi) is 6.43. The molecule has 35 heavy (non-hydrogen) atoms. The summed E-state index contributed by atoms with van der Waals surface area (Å²) in [5.41, 5.74) is 0.317. The number of carbonyl (C=O) groups is 1. The van der Waals surface area contributed by atoms with Crippen LogP contribution in [0.2, 0.25) is 0 Å². The predicted molar refractivity (Wildman–Crippen MR) is 124 cm³/mol. The van der Waals surface area contributed by atoms with E-state index in [1.807, 2.05) is 0 Å². The van der Waals surface area contributed by atoms with Crippen LogP contribution in [0.25, 0.3) is 27.4 Å². The van der Waals surface area contributed by atoms with Crippen LogP contribution in [-0.2, 0) is 20.8 Å². The maximum atomic E-state index is 13.6. The molecule has 0 atom stereocenters. The molecule has 0 aliphatic rings. The largest absolute Gasteiger partial charge is 0.480 e. The zero-order valence-electron chi connectivity index (χ0n) is 18.0. The average Bonchev–Trinajstić information content (AvgIpc) is 3.45. The van der Waals surface area contributed by atoms with Crippen molar-refractivity contribution in [1.29, 1.82) is 0 Å². The third-order valence-corrected chi connectivity index (χ3v) is 6.95. The molecule has 12 heteroatoms. The van der Waals surface area contributed by atoms with Crippen LogP contribution >= 0.6 is 11.3 Å². The third kappa shape index (κ3) is 5.38. The first kappa shape index (κ1) is 24.5. The monoisotopic (exact) mass is 522 g/mol. The number of alkyl halides is 3. The van der Waals surface area contributed by atoms with Crippen LogP contribution in [-0.4, -0.2) is 42.1 Å². The summed E-state index contributed by atoms with van der Waals surface area (Å²) < 4.78 is 70.8. The Morgan fingerprint density at radius 1 is 1.09 bits per heavy atom. The maximum absolute atomic E-state index is 13.6. The van der Waals surface area contributed by atoms with Gasteiger partial charge >= 0.3 is 12.1 Å². The van der Waals surface area contributed by atoms with E-state index >= 15 is 0 Å². The van der Waals surface area contributed by atoms with Crippen LogP contribution in [0.5, 0.6) is 5.75 Å². The smallest absolute Gasteiger partial charge is 0.435 e. The molecule has 7 nitrogen and oxygen atoms in total. The fourth-order valence-corrected chi connectivity index (χ4v) is 4.89. The summed E-state index contributed by atoms with van der Waals surface area (Å²) in [4.78, 5) is 11.5. The standard InChI is InChI=1S/C23H17F3N2O5S2/c1-35(31,32)16-6-4-5-14(9-16)15-10-20(34-13-15)18-11-21(23(24,25)26)27-28(18)17-7-2-3-8-19(17)33-12-22(29)30/h2-11,13H,12H2,1H3,(H,29,30). The minimum absolute atomic E-state index is 0.0469. The molecule has 182 valence electrons. The second kappa shape index (κ2) is 9.19. The molecule has 0 aliphatic heterocycles. The van der Waals surface area contributed by atoms with Crippen molar-refractivity contribution in [2.75, 3.05) is 12.9 Å². The fourth-order valence-electron chi connectivity index (χ4n) is 3.30. The topological polar surface area (TPSA) is 98.5 Å². The molecular weight excluding hydrogens is 505 g/mol. The summed E-state index contributed by atoms with van der Waals surface area (Å²) in [6.07, 6.45) is -3.63. The molecule has 0 radical (unpaired) electrons. The van der Waals surface area contributed by atoms with Crippen LogP contribution in [0.1, 0.15) is 5.69 Å². The highest BCUT2D eigenvalue weighted by Gasteiger charge is 2.36. The van der Waals surface area contributed by atoms with Gasteiger partial charge in [0.05, 0.1) is 15.5 Å². The summed E-state index contributed by atoms with van der Waals surface area (Å²) in [7, 11) is -3.44. The predicted octanol–water partition coefficient (Wildman–Crippen LogP) is 5.15. The van der Waals surface area contributed by atoms with Gasteiger partial charge in [0.2, 0.25) is 0 Å². The molecule has 0 amide bonds. The van der Waals surface area contributed by atoms with E-state index < -0.39 is 34.3 Å². The molecule has 4 aromatic rings. The van der Waals surface area contributed by atoms with Gasteiger partial charge in [-0.05, 0) is 52.9 Å². The highest BCUT2D eigenvalue weighted by atomic mass is 32.2. The number of halogens is 3. The van der Waals surface area contributed by atoms with Crippen molar-refractivity contribution in [2.45, 2.75) is 11.1 Å². The molecule has 0 saturated heterocycles. The van der Waals surface area contributed by atoms with Crippen molar-refractivity contribution < 1.29 is 36.2 Å². The van der Waals surface area contributed by atoms with E-state index in [0.717, 1.165) is 28.3 Å². The third-order valence-electron chi connectivity index (χ3n) is 4.89. The van der Waals surface area contributed by atoms with Gasteiger partial charge in [-0.2, -0.15) is 18.3 Å². The number of aromatic nitrogens is 2. The lowest BCUT2D eigenvalue weighted by Gasteiger charge is -2.12. The van der Waals surface area contributed by atoms with Gasteiger partial charge in [0.1, 0.15) is 11.4 Å². The molecule has 2 aromatic heterocycles. The number of para-hydroxylation sites is 2. The van der Waals surface area contributed by atoms with E-state index in [1.165, 1.54) is 24.3 Å². The van der Waals surface area contributed by atoms with Gasteiger partial charge in [-0.3, -0.25) is 0 Å². The van der Waals surface area contributed by atoms with Gasteiger partial charge in [0.15, 0.2) is 22.1 Å². The number of thiophene rings is 1. The van der Waals surface area contributed by atoms with Gasteiger partial charge in [-0.15, -0.1) is 11.3 Å². The number of carboxylic acid groups (broad SMARTS) is 1. The second-order valence-corrected chi connectivity index (χ2v) is 10.4. The van der Waals surface area contributed by atoms with E-state index in [2.05, 4.69) is 5.10 Å². The molecule has 1 N–H and O–H groups in total. The Morgan fingerprint density at radius 3 is 2.51 bits per heavy atom. The molecule has 0 fully saturated rings. The van der Waals surface area contributed by atoms with Crippen molar-refractivity contribution in [2.24, 2.45) is 0 Å². The molecular formula is C23H17F3N2O5S2. The molecule has 4 rings (SSSR count). The van der Waals surface area contributed by atoms with Crippen LogP contribution < -0.4 is 4.74 Å². The van der Waals surface area contributed by atoms with Crippen LogP contribution in [0.15, 0.2) is 70.9 Å². The van der Waals surface area contributed by atoms with Crippen molar-refractivity contribution in [3.05, 3.63) is 71.7 Å². The van der Waals surface area contributed by atoms with E-state index in [4.69, 9.17) is 9.84 Å². The lowest BCUT2D eigenvalue weighted by atomic mass is 10.1. The highest BCUT2D eigenvalue weighted by Crippen LogP contribution is 2.39. The average molecular weight is 523 g/mol. The highest BCUT2D eigenvalue weighted by molar-refractivity contribution is 7.90. The molecule has 2 heterocycles. The Morgan fingerprint density at radius 2 is 1.83 bits per heavy atom. The Balaban J connectivity index is 1.82. The zero-order chi connectivity index (χ0) is 25.4. The second-order valence-electron chi connectivity index (χ2n) is 7.47. The fraction of sp³-hybridized carbons (Fsp3) is 0.130. The van der Waals surface area contributed by atoms with E-state index in [0.29, 0.717) is 16.0 Å². The van der Waals surface area contributed by atoms with E-state index in [-0.39, 0.29) is 22.0 Å². The number of benzene rings is 2. The van der Waals surface area contributed by atoms with Crippen molar-refractivity contribution in [3.63, 3.8) is 0 Å². The minimum Gasteiger partial charge on any atom is -0.480 e. The molecule has 0 spiro atoms. The number of ether oxygens (including phenoxy) is 1. The lowest BCUT2D eigenvalue weighted by Crippen LogP contribution is -2.12. The van der Waals surface area contributed by atoms with Gasteiger partial charge in [-0.1, -0.05) is 24.3 Å². The number of rotatable bonds is 7. The normalized spacial score (nSPS) is 12.0. The number of nitrogens with zero attached hydrogens (tertiary/aromatic N) is 2. The van der Waals surface area contributed by atoms with E-state index in [9.17, 15) is 26.4 Å². The number of hydrogen-bond donors (Lipinski definition) is 1. The first-order valence-corrected chi connectivity index (χ1v) is 12.7. The van der Waals surface area contributed by atoms with E-state index in [1.54, 1.807) is 35.7 Å². The van der Waals surface area contributed by atoms with Gasteiger partial charge in [0.25, 0.3) is 0 Å². The molecule has 2 aromatic carbocycles. The summed E-state index contributed by atoms with van der Waals surface area (Å²) in [6, 6.07) is 14.8. The number of hydrogen-bond acceptors (Lipinski definition) is 6. The van der Waals surface area contributed by atoms with Crippen molar-refractivity contribution in [3.8, 4) is 33.1 Å². The van der Waals surface area contributed by atoms with Gasteiger partial charge in [-0.25, -0.2) is 17.9 Å². The SMILES string of the molecule is CS(=O)(=O)c1cccc(-c2csc(-c3cc(C(F)(F)F)nn3-c3ccccc3OCC(=O)O)c2)c1. The summed E-state index contributed by atoms with van der Waals surface area (Å²) in [6.45, 7) is -0.681. The molecule has 0 aliphatic carbocycles. The number of aliphatic carboxylic acids is 1.